The number of fused-ring (bicyclic) bond motifs is 3. The number of phenols is 4. The van der Waals surface area contributed by atoms with Crippen molar-refractivity contribution in [1.29, 1.82) is 0 Å². The van der Waals surface area contributed by atoms with Gasteiger partial charge in [0.2, 0.25) is 0 Å². The third-order valence-corrected chi connectivity index (χ3v) is 20.9. The van der Waals surface area contributed by atoms with Crippen LogP contribution in [0, 0.1) is 0 Å². The topological polar surface area (TPSA) is 273 Å². The molecule has 0 saturated carbocycles. The van der Waals surface area contributed by atoms with Gasteiger partial charge in [0.05, 0.1) is 67.9 Å². The first kappa shape index (κ1) is 99.3. The lowest BCUT2D eigenvalue weighted by Gasteiger charge is -2.44. The largest absolute Gasteiger partial charge is 0.504 e. The van der Waals surface area contributed by atoms with Crippen molar-refractivity contribution in [1.82, 2.24) is 20.0 Å². The summed E-state index contributed by atoms with van der Waals surface area (Å²) < 4.78 is 94.0. The number of methoxy groups -OCH3 is 7. The second-order valence-electron chi connectivity index (χ2n) is 33.3. The van der Waals surface area contributed by atoms with Crippen LogP contribution in [0.5, 0.6) is 46.0 Å². The molecule has 21 nitrogen and oxygen atoms in total. The number of phenolic OH excluding ortho intramolecular Hbond substituents is 4. The van der Waals surface area contributed by atoms with Crippen molar-refractivity contribution in [2.24, 2.45) is 0 Å². The molecule has 8 aromatic carbocycles. The van der Waals surface area contributed by atoms with E-state index in [0.29, 0.717) is 47.0 Å². The Morgan fingerprint density at radius 3 is 1.06 bits per heavy atom. The Morgan fingerprint density at radius 1 is 0.427 bits per heavy atom. The number of hydrogen-bond acceptors (Lipinski definition) is 20. The molecule has 124 heavy (non-hydrogen) atoms. The van der Waals surface area contributed by atoms with Gasteiger partial charge in [-0.1, -0.05) is 121 Å². The van der Waals surface area contributed by atoms with Crippen LogP contribution in [0.1, 0.15) is 189 Å². The van der Waals surface area contributed by atoms with Gasteiger partial charge in [0.15, 0.2) is 46.0 Å². The van der Waals surface area contributed by atoms with Crippen molar-refractivity contribution in [3.05, 3.63) is 259 Å². The summed E-state index contributed by atoms with van der Waals surface area (Å²) in [6, 6.07) is 45.5. The number of carbonyl (C=O) groups is 5. The summed E-state index contributed by atoms with van der Waals surface area (Å²) in [6.07, 6.45) is 15.4. The van der Waals surface area contributed by atoms with Gasteiger partial charge in [0, 0.05) is 96.9 Å². The number of alkyl halides is 4. The molecule has 0 amide bonds. The number of esters is 3. The maximum Gasteiger partial charge on any atom is 0.330 e. The molecule has 0 aromatic heterocycles. The van der Waals surface area contributed by atoms with Gasteiger partial charge in [-0.2, -0.15) is 0 Å². The first-order chi connectivity index (χ1) is 58.5. The molecule has 3 aliphatic rings. The van der Waals surface area contributed by atoms with Crippen LogP contribution in [0.15, 0.2) is 176 Å². The monoisotopic (exact) mass is 1710 g/mol. The fourth-order valence-corrected chi connectivity index (χ4v) is 15.2. The van der Waals surface area contributed by atoms with Gasteiger partial charge in [-0.3, -0.25) is 19.5 Å². The van der Waals surface area contributed by atoms with E-state index in [-0.39, 0.29) is 85.4 Å². The van der Waals surface area contributed by atoms with Crippen LogP contribution in [-0.4, -0.2) is 193 Å². The molecule has 0 spiro atoms. The number of benzene rings is 8. The molecule has 11 rings (SSSR count). The molecule has 8 aromatic rings. The molecule has 3 heterocycles. The zero-order chi connectivity index (χ0) is 91.7. The van der Waals surface area contributed by atoms with Crippen molar-refractivity contribution in [2.45, 2.75) is 174 Å². The Kier molecular flexibility index (Phi) is 36.1. The van der Waals surface area contributed by atoms with Crippen LogP contribution in [0.2, 0.25) is 0 Å². The number of carboxylic acids is 1. The third kappa shape index (κ3) is 28.9. The van der Waals surface area contributed by atoms with E-state index in [4.69, 9.17) is 24.1 Å². The second kappa shape index (κ2) is 45.0. The van der Waals surface area contributed by atoms with E-state index in [0.717, 1.165) is 92.0 Å². The summed E-state index contributed by atoms with van der Waals surface area (Å²) >= 11 is 0. The molecule has 666 valence electrons. The highest BCUT2D eigenvalue weighted by molar-refractivity contribution is 5.88. The number of aliphatic carboxylic acids is 1. The summed E-state index contributed by atoms with van der Waals surface area (Å²) in [4.78, 5) is 61.0. The van der Waals surface area contributed by atoms with Gasteiger partial charge in [0.25, 0.3) is 0 Å². The Balaban J connectivity index is 0.000000220. The Bertz CT molecular complexity index is 5010. The predicted octanol–water partition coefficient (Wildman–Crippen LogP) is 18.3. The summed E-state index contributed by atoms with van der Waals surface area (Å²) in [5, 5.41) is 51.3. The molecule has 25 heteroatoms. The number of aldehydes is 1. The van der Waals surface area contributed by atoms with Crippen LogP contribution < -0.4 is 24.3 Å². The lowest BCUT2D eigenvalue weighted by atomic mass is 9.83. The van der Waals surface area contributed by atoms with Gasteiger partial charge in [-0.25, -0.2) is 36.7 Å². The minimum Gasteiger partial charge on any atom is -0.504 e. The molecule has 0 aliphatic carbocycles. The first-order valence-electron chi connectivity index (χ1n) is 40.8. The molecule has 0 saturated heterocycles. The van der Waals surface area contributed by atoms with E-state index >= 15 is 0 Å². The number of carboxylic acid groups (broad SMARTS) is 1. The average molecular weight is 1710 g/mol. The van der Waals surface area contributed by atoms with Gasteiger partial charge in [-0.15, -0.1) is 0 Å². The molecule has 0 fully saturated rings. The molecule has 0 bridgehead atoms. The van der Waals surface area contributed by atoms with Crippen LogP contribution in [-0.2, 0) is 59.1 Å². The molecular weight excluding hydrogens is 1590 g/mol. The highest BCUT2D eigenvalue weighted by atomic mass is 19.2. The van der Waals surface area contributed by atoms with Gasteiger partial charge >= 0.3 is 23.9 Å². The van der Waals surface area contributed by atoms with E-state index in [1.807, 2.05) is 110 Å². The Labute approximate surface area is 726 Å². The predicted molar refractivity (Wildman–Crippen MR) is 477 cm³/mol. The highest BCUT2D eigenvalue weighted by Crippen LogP contribution is 2.51. The van der Waals surface area contributed by atoms with Crippen LogP contribution in [0.3, 0.4) is 0 Å². The normalized spacial score (nSPS) is 17.5. The zero-order valence-corrected chi connectivity index (χ0v) is 74.3. The number of carbonyl (C=O) groups excluding carboxylic acids is 4. The third-order valence-electron chi connectivity index (χ3n) is 20.9. The summed E-state index contributed by atoms with van der Waals surface area (Å²) in [5.74, 6) is -0.207. The van der Waals surface area contributed by atoms with Crippen molar-refractivity contribution < 1.29 is 100 Å². The number of hydrogen-bond donors (Lipinski definition) is 6. The van der Waals surface area contributed by atoms with Gasteiger partial charge in [0.1, 0.15) is 29.0 Å². The summed E-state index contributed by atoms with van der Waals surface area (Å²) in [7, 11) is 10.5. The maximum atomic E-state index is 14.9. The average Bonchev–Trinajstić information content (AvgIpc) is 0.756. The molecule has 7 unspecified atom stereocenters. The SMILES string of the molecule is CC(Cc1ccc(O)c(O)c1)NCC(C)(C)F.COC(=O)/C=C/c1ccc(C2c3c(ccc(O)c3O)CC(C)N2CC(C)(C)F)cc1.COC(=O)/C=C/c1ccc(C2c3c(ccc(OC)c3OC)CC(C)N2CC(C)(C)F)cc1.COC(=O)/C=C/c1ccc(C=O)cc1.COc1ccc2c(c1OC)C(c1ccc(/C=C/C(=O)O)cc1)N(CC(C)(C)F)C(C)C2. The van der Waals surface area contributed by atoms with Crippen molar-refractivity contribution in [3.8, 4) is 46.0 Å². The molecule has 3 aliphatic heterocycles. The first-order valence-corrected chi connectivity index (χ1v) is 40.8. The van der Waals surface area contributed by atoms with E-state index in [1.54, 1.807) is 111 Å². The Hall–Kier alpha value is -11.8. The van der Waals surface area contributed by atoms with Crippen LogP contribution >= 0.6 is 0 Å². The molecule has 0 radical (unpaired) electrons. The smallest absolute Gasteiger partial charge is 0.330 e. The molecular formula is C99H120F4N4O17. The number of rotatable bonds is 27. The lowest BCUT2D eigenvalue weighted by Crippen LogP contribution is -2.47. The van der Waals surface area contributed by atoms with Crippen molar-refractivity contribution >= 4 is 54.5 Å². The maximum absolute atomic E-state index is 14.9. The van der Waals surface area contributed by atoms with Crippen LogP contribution in [0.4, 0.5) is 17.6 Å². The van der Waals surface area contributed by atoms with Gasteiger partial charge in [-0.05, 0) is 225 Å². The van der Waals surface area contributed by atoms with Crippen LogP contribution in [0.25, 0.3) is 24.3 Å². The van der Waals surface area contributed by atoms with E-state index in [1.165, 1.54) is 91.0 Å². The number of nitrogens with one attached hydrogen (secondary N) is 1. The van der Waals surface area contributed by atoms with E-state index < -0.39 is 52.6 Å². The van der Waals surface area contributed by atoms with E-state index in [2.05, 4.69) is 55.3 Å². The highest BCUT2D eigenvalue weighted by Gasteiger charge is 2.43. The number of aromatic hydroxyl groups is 4. The summed E-state index contributed by atoms with van der Waals surface area (Å²) in [5.41, 5.74) is 8.15. The summed E-state index contributed by atoms with van der Waals surface area (Å²) in [6.45, 7) is 21.8. The fourth-order valence-electron chi connectivity index (χ4n) is 15.2. The fraction of sp³-hybridized carbons (Fsp3) is 0.384. The minimum absolute atomic E-state index is 0.0420. The van der Waals surface area contributed by atoms with Crippen molar-refractivity contribution in [2.75, 3.05) is 75.9 Å². The number of halogens is 4. The molecule has 7 atom stereocenters. The minimum atomic E-state index is -1.43. The number of nitrogens with zero attached hydrogens (tertiary/aromatic N) is 3. The lowest BCUT2D eigenvalue weighted by molar-refractivity contribution is -0.135. The Morgan fingerprint density at radius 2 is 0.750 bits per heavy atom. The second-order valence-corrected chi connectivity index (χ2v) is 33.3. The van der Waals surface area contributed by atoms with Gasteiger partial charge < -0.3 is 64.0 Å². The van der Waals surface area contributed by atoms with Crippen molar-refractivity contribution in [3.63, 3.8) is 0 Å². The standard InChI is InChI=1S/C26H32FNO4.C25H30FNO4.C24H28FNO4.C13H20FNO2.C11H10O3/c1-17-15-20-12-13-21(30-4)25(32-6)23(20)24(28(17)16-26(2,3)27)19-10-7-18(8-11-19)9-14-22(29)31-5;1-16-14-19-11-12-20(30-4)24(31-5)22(19)23(27(16)15-25(2,3)26)18-9-6-17(7-10-18)8-13-21(28)29;1-15-13-18-10-11-19(27)23(29)21(18)22(26(15)14-24(2,3)25)17-8-5-16(6-9-17)7-12-20(28)30-4;1-9(15-8-13(2,3)14)6-10-4-5-11(16)12(17)7-10;1-14-11(13)7-6-9-2-4-10(8-12)5-3-9/h7-14,17,24H,15-16H2,1-6H3;6-13,16,23H,14-15H2,1-5H3,(H,28,29);5-12,15,22,27,29H,13-14H2,1-4H3;4-5,7,9,15-17H,6,8H2,1-3H3;2-8H,1H3/b14-9+;13-8+;12-7+;;7-6+. The number of ether oxygens (including phenoxy) is 7. The van der Waals surface area contributed by atoms with E-state index in [9.17, 15) is 62.0 Å². The quantitative estimate of drug-likeness (QED) is 0.00697. The molecule has 6 N–H and O–H groups in total. The zero-order valence-electron chi connectivity index (χ0n) is 74.3.